The fourth-order valence-electron chi connectivity index (χ4n) is 2.97. The van der Waals surface area contributed by atoms with E-state index < -0.39 is 0 Å². The minimum absolute atomic E-state index is 0.300. The average Bonchev–Trinajstić information content (AvgIpc) is 2.69. The van der Waals surface area contributed by atoms with Gasteiger partial charge in [0.2, 0.25) is 0 Å². The summed E-state index contributed by atoms with van der Waals surface area (Å²) in [6.45, 7) is 1.88. The summed E-state index contributed by atoms with van der Waals surface area (Å²) >= 11 is 6.43. The second kappa shape index (κ2) is 7.82. The van der Waals surface area contributed by atoms with Crippen molar-refractivity contribution in [2.45, 2.75) is 13.0 Å². The molecule has 28 heavy (non-hydrogen) atoms. The molecular weight excluding hydrogens is 379 g/mol. The van der Waals surface area contributed by atoms with Crippen LogP contribution in [0.5, 0.6) is 17.2 Å². The van der Waals surface area contributed by atoms with Crippen LogP contribution in [0.3, 0.4) is 0 Å². The van der Waals surface area contributed by atoms with Crippen LogP contribution in [0.25, 0.3) is 10.9 Å². The van der Waals surface area contributed by atoms with Crippen molar-refractivity contribution in [1.82, 2.24) is 9.97 Å². The van der Waals surface area contributed by atoms with E-state index in [9.17, 15) is 4.39 Å². The molecule has 0 radical (unpaired) electrons. The van der Waals surface area contributed by atoms with Gasteiger partial charge in [-0.1, -0.05) is 29.8 Å². The molecule has 0 aliphatic rings. The monoisotopic (exact) mass is 394 g/mol. The molecule has 0 aliphatic carbocycles. The van der Waals surface area contributed by atoms with Gasteiger partial charge in [-0.3, -0.25) is 4.98 Å². The molecule has 4 aromatic rings. The van der Waals surface area contributed by atoms with Crippen LogP contribution in [-0.2, 0) is 0 Å². The Morgan fingerprint density at radius 2 is 1.86 bits per heavy atom. The van der Waals surface area contributed by atoms with Crippen molar-refractivity contribution in [3.8, 4) is 17.2 Å². The predicted octanol–water partition coefficient (Wildman–Crippen LogP) is 6.35. The Morgan fingerprint density at radius 3 is 2.68 bits per heavy atom. The van der Waals surface area contributed by atoms with E-state index in [1.807, 2.05) is 13.0 Å². The van der Waals surface area contributed by atoms with E-state index in [2.05, 4.69) is 9.97 Å². The Bertz CT molecular complexity index is 1120. The third-order valence-corrected chi connectivity index (χ3v) is 4.56. The highest BCUT2D eigenvalue weighted by Crippen LogP contribution is 2.37. The van der Waals surface area contributed by atoms with E-state index in [1.54, 1.807) is 54.9 Å². The number of nitrogens with zero attached hydrogens (tertiary/aromatic N) is 2. The summed E-state index contributed by atoms with van der Waals surface area (Å²) in [7, 11) is 0. The Kier molecular flexibility index (Phi) is 5.08. The molecule has 0 spiro atoms. The van der Waals surface area contributed by atoms with Crippen LogP contribution < -0.4 is 9.47 Å². The molecule has 1 atom stereocenters. The molecule has 1 unspecified atom stereocenters. The summed E-state index contributed by atoms with van der Waals surface area (Å²) in [4.78, 5) is 8.22. The molecule has 0 aliphatic heterocycles. The first-order valence-corrected chi connectivity index (χ1v) is 9.07. The fourth-order valence-corrected chi connectivity index (χ4v) is 3.29. The van der Waals surface area contributed by atoms with Crippen LogP contribution in [0.2, 0.25) is 5.02 Å². The van der Waals surface area contributed by atoms with Crippen LogP contribution in [0.1, 0.15) is 18.6 Å². The minimum atomic E-state index is -0.376. The van der Waals surface area contributed by atoms with E-state index in [1.165, 1.54) is 12.3 Å². The van der Waals surface area contributed by atoms with Gasteiger partial charge in [0, 0.05) is 11.6 Å². The zero-order valence-electron chi connectivity index (χ0n) is 15.0. The number of pyridine rings is 2. The van der Waals surface area contributed by atoms with Gasteiger partial charge in [0.25, 0.3) is 0 Å². The lowest BCUT2D eigenvalue weighted by molar-refractivity contribution is 0.222. The molecule has 0 saturated heterocycles. The molecular formula is C22H16ClFN2O2. The molecule has 0 fully saturated rings. The van der Waals surface area contributed by atoms with Gasteiger partial charge < -0.3 is 9.47 Å². The third-order valence-electron chi connectivity index (χ3n) is 4.23. The van der Waals surface area contributed by atoms with E-state index in [-0.39, 0.29) is 11.9 Å². The van der Waals surface area contributed by atoms with Crippen molar-refractivity contribution in [1.29, 1.82) is 0 Å². The Hall–Kier alpha value is -3.18. The maximum Gasteiger partial charge on any atom is 0.149 e. The topological polar surface area (TPSA) is 44.2 Å². The van der Waals surface area contributed by atoms with Gasteiger partial charge in [-0.05, 0) is 43.3 Å². The molecule has 4 rings (SSSR count). The van der Waals surface area contributed by atoms with Crippen molar-refractivity contribution in [2.75, 3.05) is 0 Å². The van der Waals surface area contributed by atoms with Gasteiger partial charge in [-0.2, -0.15) is 0 Å². The average molecular weight is 395 g/mol. The van der Waals surface area contributed by atoms with E-state index in [4.69, 9.17) is 21.1 Å². The smallest absolute Gasteiger partial charge is 0.149 e. The SMILES string of the molecule is CC(Oc1cccnc1)c1c(Cl)cccc1Oc1cnc2c(F)cccc2c1. The highest BCUT2D eigenvalue weighted by molar-refractivity contribution is 6.31. The first-order chi connectivity index (χ1) is 13.6. The largest absolute Gasteiger partial charge is 0.484 e. The molecule has 2 aromatic heterocycles. The van der Waals surface area contributed by atoms with E-state index in [0.717, 1.165) is 0 Å². The maximum atomic E-state index is 13.8. The summed E-state index contributed by atoms with van der Waals surface area (Å²) in [5.74, 6) is 1.28. The molecule has 4 nitrogen and oxygen atoms in total. The van der Waals surface area contributed by atoms with Gasteiger partial charge in [0.05, 0.1) is 23.0 Å². The summed E-state index contributed by atoms with van der Waals surface area (Å²) in [6.07, 6.45) is 4.42. The summed E-state index contributed by atoms with van der Waals surface area (Å²) in [5, 5.41) is 1.18. The molecule has 2 aromatic carbocycles. The standard InChI is InChI=1S/C22H16ClFN2O2/c1-14(27-16-6-4-10-25-12-16)21-18(23)7-3-9-20(21)28-17-11-15-5-2-8-19(24)22(15)26-13-17/h2-14H,1H3. The lowest BCUT2D eigenvalue weighted by Gasteiger charge is -2.19. The van der Waals surface area contributed by atoms with Crippen LogP contribution >= 0.6 is 11.6 Å². The predicted molar refractivity (Wildman–Crippen MR) is 107 cm³/mol. The zero-order chi connectivity index (χ0) is 19.5. The maximum absolute atomic E-state index is 13.8. The lowest BCUT2D eigenvalue weighted by atomic mass is 10.1. The molecule has 6 heteroatoms. The first kappa shape index (κ1) is 18.2. The Morgan fingerprint density at radius 1 is 1.00 bits per heavy atom. The molecule has 0 N–H and O–H groups in total. The number of hydrogen-bond donors (Lipinski definition) is 0. The van der Waals surface area contributed by atoms with Gasteiger partial charge in [-0.25, -0.2) is 9.37 Å². The Balaban J connectivity index is 1.66. The van der Waals surface area contributed by atoms with Gasteiger partial charge in [-0.15, -0.1) is 0 Å². The number of hydrogen-bond acceptors (Lipinski definition) is 4. The van der Waals surface area contributed by atoms with Crippen LogP contribution in [0.15, 0.2) is 73.2 Å². The lowest BCUT2D eigenvalue weighted by Crippen LogP contribution is -2.06. The van der Waals surface area contributed by atoms with Crippen LogP contribution in [-0.4, -0.2) is 9.97 Å². The number of aromatic nitrogens is 2. The molecule has 140 valence electrons. The van der Waals surface area contributed by atoms with Crippen molar-refractivity contribution in [3.63, 3.8) is 0 Å². The quantitative estimate of drug-likeness (QED) is 0.395. The van der Waals surface area contributed by atoms with Crippen molar-refractivity contribution in [2.24, 2.45) is 0 Å². The van der Waals surface area contributed by atoms with E-state index in [0.29, 0.717) is 38.7 Å². The highest BCUT2D eigenvalue weighted by atomic mass is 35.5. The normalized spacial score (nSPS) is 12.0. The summed E-state index contributed by atoms with van der Waals surface area (Å²) < 4.78 is 25.8. The van der Waals surface area contributed by atoms with E-state index >= 15 is 0 Å². The van der Waals surface area contributed by atoms with Gasteiger partial charge in [0.15, 0.2) is 0 Å². The van der Waals surface area contributed by atoms with Crippen molar-refractivity contribution in [3.05, 3.63) is 89.6 Å². The molecule has 0 amide bonds. The Labute approximate surface area is 166 Å². The molecule has 0 saturated carbocycles. The third kappa shape index (κ3) is 3.75. The summed E-state index contributed by atoms with van der Waals surface area (Å²) in [5.41, 5.74) is 1.00. The van der Waals surface area contributed by atoms with Crippen LogP contribution in [0.4, 0.5) is 4.39 Å². The molecule has 0 bridgehead atoms. The number of halogens is 2. The number of ether oxygens (including phenoxy) is 2. The minimum Gasteiger partial charge on any atom is -0.484 e. The van der Waals surface area contributed by atoms with Crippen LogP contribution in [0, 0.1) is 5.82 Å². The second-order valence-electron chi connectivity index (χ2n) is 6.19. The summed E-state index contributed by atoms with van der Waals surface area (Å²) in [6, 6.07) is 15.5. The second-order valence-corrected chi connectivity index (χ2v) is 6.59. The number of fused-ring (bicyclic) bond motifs is 1. The first-order valence-electron chi connectivity index (χ1n) is 8.69. The molecule has 2 heterocycles. The van der Waals surface area contributed by atoms with Gasteiger partial charge in [0.1, 0.15) is 34.7 Å². The fraction of sp³-hybridized carbons (Fsp3) is 0.0909. The van der Waals surface area contributed by atoms with Crippen molar-refractivity contribution < 1.29 is 13.9 Å². The number of rotatable bonds is 5. The number of para-hydroxylation sites is 1. The number of benzene rings is 2. The van der Waals surface area contributed by atoms with Gasteiger partial charge >= 0.3 is 0 Å². The zero-order valence-corrected chi connectivity index (χ0v) is 15.7. The highest BCUT2D eigenvalue weighted by Gasteiger charge is 2.18. The van der Waals surface area contributed by atoms with Crippen molar-refractivity contribution >= 4 is 22.5 Å².